The minimum Gasteiger partial charge on any atom is -0.461 e. The Labute approximate surface area is 180 Å². The van der Waals surface area contributed by atoms with Crippen molar-refractivity contribution in [2.45, 2.75) is 31.8 Å². The quantitative estimate of drug-likeness (QED) is 0.445. The maximum absolute atomic E-state index is 6.10. The summed E-state index contributed by atoms with van der Waals surface area (Å²) in [5.74, 6) is 7.85. The van der Waals surface area contributed by atoms with E-state index in [1.807, 2.05) is 6.20 Å². The molecule has 0 aromatic carbocycles. The average molecular weight is 467 g/mol. The van der Waals surface area contributed by atoms with Gasteiger partial charge in [-0.2, -0.15) is 5.10 Å². The first-order chi connectivity index (χ1) is 14.6. The second-order valence-corrected chi connectivity index (χ2v) is 8.01. The van der Waals surface area contributed by atoms with Crippen molar-refractivity contribution in [3.63, 3.8) is 0 Å². The fourth-order valence-corrected chi connectivity index (χ4v) is 4.31. The van der Waals surface area contributed by atoms with Crippen LogP contribution in [-0.2, 0) is 0 Å². The third-order valence-corrected chi connectivity index (χ3v) is 5.90. The number of hydrogen-bond acceptors (Lipinski definition) is 7. The molecule has 10 heteroatoms. The monoisotopic (exact) mass is 466 g/mol. The molecular weight excluding hydrogens is 448 g/mol. The molecule has 30 heavy (non-hydrogen) atoms. The molecule has 5 heterocycles. The van der Waals surface area contributed by atoms with E-state index in [-0.39, 0.29) is 17.9 Å². The number of rotatable bonds is 3. The lowest BCUT2D eigenvalue weighted by Crippen LogP contribution is -2.31. The van der Waals surface area contributed by atoms with Gasteiger partial charge in [0.15, 0.2) is 17.2 Å². The van der Waals surface area contributed by atoms with Crippen LogP contribution in [0.4, 0.5) is 5.82 Å². The SMILES string of the molecule is C[C@H](c1n[nH]cc1Br)N1CCCC1C#Cc1cn2nc(-c3ccco3)nc2c(N)n1. The summed E-state index contributed by atoms with van der Waals surface area (Å²) in [5, 5.41) is 11.7. The number of nitrogens with zero attached hydrogens (tertiary/aromatic N) is 6. The molecule has 1 aliphatic heterocycles. The molecule has 0 amide bonds. The standard InChI is InChI=1S/C20H19BrN8O/c1-12(17-15(21)10-23-26-17)28-8-2-4-14(28)7-6-13-11-29-20(18(22)24-13)25-19(27-29)16-5-3-9-30-16/h3,5,9-12,14H,2,4,8H2,1H3,(H2,22,24)(H,23,26)/t12-,14?/m1/s1. The molecule has 0 aliphatic carbocycles. The molecule has 0 radical (unpaired) electrons. The van der Waals surface area contributed by atoms with Gasteiger partial charge < -0.3 is 10.2 Å². The number of halogens is 1. The van der Waals surface area contributed by atoms with E-state index in [1.165, 1.54) is 0 Å². The van der Waals surface area contributed by atoms with Crippen molar-refractivity contribution >= 4 is 27.4 Å². The molecule has 0 spiro atoms. The van der Waals surface area contributed by atoms with Gasteiger partial charge in [0.1, 0.15) is 5.69 Å². The molecule has 4 aromatic rings. The van der Waals surface area contributed by atoms with Crippen LogP contribution >= 0.6 is 15.9 Å². The van der Waals surface area contributed by atoms with Crippen LogP contribution < -0.4 is 5.73 Å². The summed E-state index contributed by atoms with van der Waals surface area (Å²) in [6, 6.07) is 3.86. The molecule has 5 rings (SSSR count). The lowest BCUT2D eigenvalue weighted by atomic mass is 10.1. The van der Waals surface area contributed by atoms with E-state index in [0.29, 0.717) is 22.9 Å². The van der Waals surface area contributed by atoms with Crippen molar-refractivity contribution in [2.75, 3.05) is 12.3 Å². The molecule has 3 N–H and O–H groups in total. The Morgan fingerprint density at radius 2 is 2.30 bits per heavy atom. The number of nitrogens with two attached hydrogens (primary N) is 1. The number of nitrogens with one attached hydrogen (secondary N) is 1. The third kappa shape index (κ3) is 3.36. The Morgan fingerprint density at radius 1 is 1.40 bits per heavy atom. The predicted molar refractivity (Wildman–Crippen MR) is 114 cm³/mol. The molecule has 152 valence electrons. The van der Waals surface area contributed by atoms with Gasteiger partial charge in [0.05, 0.1) is 34.7 Å². The van der Waals surface area contributed by atoms with Gasteiger partial charge in [-0.15, -0.1) is 5.10 Å². The lowest BCUT2D eigenvalue weighted by molar-refractivity contribution is 0.222. The summed E-state index contributed by atoms with van der Waals surface area (Å²) in [6.45, 7) is 3.12. The summed E-state index contributed by atoms with van der Waals surface area (Å²) in [6.07, 6.45) is 7.26. The molecule has 1 aliphatic rings. The number of H-pyrrole nitrogens is 1. The highest BCUT2D eigenvalue weighted by Gasteiger charge is 2.30. The molecule has 2 atom stereocenters. The zero-order valence-electron chi connectivity index (χ0n) is 16.2. The van der Waals surface area contributed by atoms with E-state index < -0.39 is 0 Å². The molecule has 0 saturated carbocycles. The maximum Gasteiger partial charge on any atom is 0.218 e. The topological polar surface area (TPSA) is 114 Å². The van der Waals surface area contributed by atoms with Gasteiger partial charge in [-0.25, -0.2) is 14.5 Å². The Bertz CT molecular complexity index is 1250. The van der Waals surface area contributed by atoms with E-state index in [4.69, 9.17) is 10.2 Å². The molecule has 1 saturated heterocycles. The number of likely N-dealkylation sites (tertiary alicyclic amines) is 1. The fourth-order valence-electron chi connectivity index (χ4n) is 3.78. The van der Waals surface area contributed by atoms with Crippen LogP contribution in [-0.4, -0.2) is 47.3 Å². The largest absolute Gasteiger partial charge is 0.461 e. The Morgan fingerprint density at radius 3 is 3.07 bits per heavy atom. The highest BCUT2D eigenvalue weighted by molar-refractivity contribution is 9.10. The third-order valence-electron chi connectivity index (χ3n) is 5.26. The van der Waals surface area contributed by atoms with Gasteiger partial charge >= 0.3 is 0 Å². The van der Waals surface area contributed by atoms with Crippen molar-refractivity contribution in [1.82, 2.24) is 34.7 Å². The van der Waals surface area contributed by atoms with Gasteiger partial charge in [0, 0.05) is 12.7 Å². The van der Waals surface area contributed by atoms with Gasteiger partial charge in [0.2, 0.25) is 5.82 Å². The number of aromatic nitrogens is 6. The number of fused-ring (bicyclic) bond motifs is 1. The Kier molecular flexibility index (Phi) is 4.77. The summed E-state index contributed by atoms with van der Waals surface area (Å²) in [7, 11) is 0. The van der Waals surface area contributed by atoms with Crippen LogP contribution in [0.25, 0.3) is 17.2 Å². The normalized spacial score (nSPS) is 17.9. The average Bonchev–Trinajstić information content (AvgIpc) is 3.51. The smallest absolute Gasteiger partial charge is 0.218 e. The van der Waals surface area contributed by atoms with Crippen molar-refractivity contribution in [2.24, 2.45) is 0 Å². The first-order valence-corrected chi connectivity index (χ1v) is 10.4. The minimum atomic E-state index is 0.122. The second kappa shape index (κ2) is 7.59. The first kappa shape index (κ1) is 18.8. The van der Waals surface area contributed by atoms with E-state index in [9.17, 15) is 0 Å². The Hall–Kier alpha value is -3.16. The van der Waals surface area contributed by atoms with E-state index in [1.54, 1.807) is 29.1 Å². The molecule has 0 bridgehead atoms. The van der Waals surface area contributed by atoms with Crippen LogP contribution in [0.2, 0.25) is 0 Å². The predicted octanol–water partition coefficient (Wildman–Crippen LogP) is 3.03. The summed E-state index contributed by atoms with van der Waals surface area (Å²) in [4.78, 5) is 11.2. The highest BCUT2D eigenvalue weighted by Crippen LogP contribution is 2.31. The molecule has 1 unspecified atom stereocenters. The van der Waals surface area contributed by atoms with Gasteiger partial charge in [0.25, 0.3) is 0 Å². The summed E-state index contributed by atoms with van der Waals surface area (Å²) < 4.78 is 7.94. The van der Waals surface area contributed by atoms with Crippen LogP contribution in [0.3, 0.4) is 0 Å². The highest BCUT2D eigenvalue weighted by atomic mass is 79.9. The van der Waals surface area contributed by atoms with E-state index in [0.717, 1.165) is 29.6 Å². The van der Waals surface area contributed by atoms with Crippen LogP contribution in [0.1, 0.15) is 37.2 Å². The fraction of sp³-hybridized carbons (Fsp3) is 0.300. The number of nitrogen functional groups attached to an aromatic ring is 1. The van der Waals surface area contributed by atoms with Crippen molar-refractivity contribution in [3.05, 3.63) is 46.7 Å². The zero-order chi connectivity index (χ0) is 20.7. The van der Waals surface area contributed by atoms with Gasteiger partial charge in [-0.3, -0.25) is 10.00 Å². The van der Waals surface area contributed by atoms with Crippen molar-refractivity contribution in [3.8, 4) is 23.4 Å². The minimum absolute atomic E-state index is 0.122. The number of anilines is 1. The molecular formula is C20H19BrN8O. The lowest BCUT2D eigenvalue weighted by Gasteiger charge is -2.26. The van der Waals surface area contributed by atoms with Crippen LogP contribution in [0.15, 0.2) is 39.7 Å². The Balaban J connectivity index is 1.42. The number of aromatic amines is 1. The second-order valence-electron chi connectivity index (χ2n) is 7.15. The molecule has 4 aromatic heterocycles. The first-order valence-electron chi connectivity index (χ1n) is 9.63. The summed E-state index contributed by atoms with van der Waals surface area (Å²) in [5.41, 5.74) is 8.12. The zero-order valence-corrected chi connectivity index (χ0v) is 17.8. The maximum atomic E-state index is 6.10. The van der Waals surface area contributed by atoms with Gasteiger partial charge in [-0.1, -0.05) is 5.92 Å². The van der Waals surface area contributed by atoms with E-state index in [2.05, 4.69) is 64.9 Å². The number of furan rings is 1. The summed E-state index contributed by atoms with van der Waals surface area (Å²) >= 11 is 3.55. The van der Waals surface area contributed by atoms with E-state index >= 15 is 0 Å². The van der Waals surface area contributed by atoms with Gasteiger partial charge in [-0.05, 0) is 53.7 Å². The van der Waals surface area contributed by atoms with Crippen LogP contribution in [0, 0.1) is 11.8 Å². The molecule has 1 fully saturated rings. The number of hydrogen-bond donors (Lipinski definition) is 2. The van der Waals surface area contributed by atoms with Crippen LogP contribution in [0.5, 0.6) is 0 Å². The molecule has 9 nitrogen and oxygen atoms in total. The van der Waals surface area contributed by atoms with Crippen molar-refractivity contribution < 1.29 is 4.42 Å². The van der Waals surface area contributed by atoms with Crippen molar-refractivity contribution in [1.29, 1.82) is 0 Å².